The largest absolute Gasteiger partial charge is 0.508 e. The van der Waals surface area contributed by atoms with E-state index >= 15 is 0 Å². The topological polar surface area (TPSA) is 346 Å². The van der Waals surface area contributed by atoms with Crippen molar-refractivity contribution in [2.24, 2.45) is 11.7 Å². The molecule has 0 radical (unpaired) electrons. The summed E-state index contributed by atoms with van der Waals surface area (Å²) in [5.74, 6) is -3.15. The Morgan fingerprint density at radius 1 is 0.559 bits per heavy atom. The Hall–Kier alpha value is -9.70. The molecule has 3 heterocycles. The van der Waals surface area contributed by atoms with Crippen LogP contribution >= 0.6 is 35.3 Å². The molecule has 0 bridgehead atoms. The lowest BCUT2D eigenvalue weighted by molar-refractivity contribution is -0.147. The monoisotopic (exact) mass is 1670 g/mol. The Labute approximate surface area is 706 Å². The zero-order valence-corrected chi connectivity index (χ0v) is 72.3. The van der Waals surface area contributed by atoms with Crippen molar-refractivity contribution in [3.63, 3.8) is 0 Å². The van der Waals surface area contributed by atoms with Crippen LogP contribution in [0.2, 0.25) is 0 Å². The SMILES string of the molecule is CC(=O)Oc1cccc(C(=O)N[C@@H](Cc2ccccc2)[C@H](C)C(=O)O)c1C.CC(C)(C)OC(=O)N1CSC(C)(C)[C@H]1C(=O)O.CC1(C)SCN[C@@H]1C(=O)N[C@H]1CCCc2ccccc21.Cc1c(O)cccc1C(=O)N[C@@H](Cc1ccccc1)[C@H](O)C(=O)N1CSC(C)(C)[C@H]1C(=O)N[C@H]1CCCc2ccccc21.N[C@H]1CCCc2ccccc21. The summed E-state index contributed by atoms with van der Waals surface area (Å²) >= 11 is 4.74. The Kier molecular flexibility index (Phi) is 32.3. The van der Waals surface area contributed by atoms with Gasteiger partial charge in [0.05, 0.1) is 35.8 Å². The third kappa shape index (κ3) is 24.5. The van der Waals surface area contributed by atoms with Crippen LogP contribution in [-0.4, -0.2) is 158 Å². The van der Waals surface area contributed by atoms with Crippen molar-refractivity contribution in [1.82, 2.24) is 36.4 Å². The number of amides is 6. The van der Waals surface area contributed by atoms with Crippen LogP contribution in [0.4, 0.5) is 4.79 Å². The molecular weight excluding hydrogens is 1550 g/mol. The standard InChI is InChI=1S/C34H39N3O5S.C21H23NO5.C16H22N2OS.C11H19NO4S.C10H13N/c1-21-24(16-10-18-28(21)38)31(40)36-27(19-22-11-5-4-6-12-22)29(39)33(42)37-20-43-34(2,3)30(37)32(41)35-26-17-9-14-23-13-7-8-15-25(23)26;1-13-17(10-7-11-19(13)27-15(3)23)20(24)22-18(14(2)21(25)26)12-16-8-5-4-6-9-16;1-16(2)14(17-10-20-16)15(19)18-13-9-5-7-11-6-3-4-8-12(11)13;1-10(2,3)16-9(15)12-6-17-11(4,5)7(12)8(13)14;11-10-7-3-5-8-4-1-2-6-9(8)10/h4-8,10-13,15-16,18,26-27,29-30,38-39H,9,14,17,19-20H2,1-3H3,(H,35,41)(H,36,40);4-11,14,18H,12H2,1-3H3,(H,22,24)(H,25,26);3-4,6,8,13-14,17H,5,7,9-10H2,1-2H3,(H,18,19);7H,6H2,1-5H3,(H,13,14);1-2,4,6,10H,3,5,7,11H2/t26-,27-,29-,30+;14-,18-;13-,14+;7-;10-/m00010/s1. The summed E-state index contributed by atoms with van der Waals surface area (Å²) in [6.07, 6.45) is 8.10. The van der Waals surface area contributed by atoms with Crippen molar-refractivity contribution >= 4 is 88.8 Å². The van der Waals surface area contributed by atoms with E-state index in [2.05, 4.69) is 95.0 Å². The molecule has 23 nitrogen and oxygen atoms in total. The Morgan fingerprint density at radius 3 is 1.52 bits per heavy atom. The Balaban J connectivity index is 0.000000181. The average Bonchev–Trinajstić information content (AvgIpc) is 1.52. The van der Waals surface area contributed by atoms with Crippen molar-refractivity contribution in [1.29, 1.82) is 0 Å². The van der Waals surface area contributed by atoms with Crippen molar-refractivity contribution < 1.29 is 73.1 Å². The number of nitrogens with two attached hydrogens (primary N) is 1. The lowest BCUT2D eigenvalue weighted by atomic mass is 9.87. The van der Waals surface area contributed by atoms with Gasteiger partial charge in [0.15, 0.2) is 6.10 Å². The average molecular weight is 1670 g/mol. The van der Waals surface area contributed by atoms with Gasteiger partial charge in [0.1, 0.15) is 35.2 Å². The van der Waals surface area contributed by atoms with Crippen LogP contribution in [-0.2, 0) is 65.6 Å². The summed E-state index contributed by atoms with van der Waals surface area (Å²) in [7, 11) is 0. The van der Waals surface area contributed by atoms with Crippen molar-refractivity contribution in [2.45, 2.75) is 235 Å². The van der Waals surface area contributed by atoms with Gasteiger partial charge in [-0.3, -0.25) is 43.8 Å². The molecule has 26 heteroatoms. The smallest absolute Gasteiger partial charge is 0.411 e. The van der Waals surface area contributed by atoms with Gasteiger partial charge in [-0.05, 0) is 222 Å². The molecule has 3 saturated heterocycles. The van der Waals surface area contributed by atoms with Crippen molar-refractivity contribution in [3.8, 4) is 11.5 Å². The number of phenolic OH excluding ortho intramolecular Hbond substituents is 1. The second kappa shape index (κ2) is 41.3. The predicted octanol–water partition coefficient (Wildman–Crippen LogP) is 14.1. The number of carbonyl (C=O) groups excluding carboxylic acids is 7. The van der Waals surface area contributed by atoms with E-state index in [1.807, 2.05) is 118 Å². The van der Waals surface area contributed by atoms with E-state index in [0.29, 0.717) is 40.8 Å². The highest BCUT2D eigenvalue weighted by Gasteiger charge is 2.52. The fourth-order valence-corrected chi connectivity index (χ4v) is 18.8. The molecule has 632 valence electrons. The van der Waals surface area contributed by atoms with E-state index < -0.39 is 93.0 Å². The number of carboxylic acid groups (broad SMARTS) is 2. The lowest BCUT2D eigenvalue weighted by Gasteiger charge is -2.35. The molecule has 6 amide bonds. The Morgan fingerprint density at radius 2 is 1.02 bits per heavy atom. The molecule has 0 unspecified atom stereocenters. The first-order valence-electron chi connectivity index (χ1n) is 40.3. The number of carbonyl (C=O) groups is 9. The van der Waals surface area contributed by atoms with E-state index in [9.17, 15) is 63.6 Å². The van der Waals surface area contributed by atoms with Crippen LogP contribution in [0.25, 0.3) is 0 Å². The number of fused-ring (bicyclic) bond motifs is 3. The van der Waals surface area contributed by atoms with Crippen LogP contribution in [0.15, 0.2) is 170 Å². The summed E-state index contributed by atoms with van der Waals surface area (Å²) in [5.41, 5.74) is 16.4. The molecule has 118 heavy (non-hydrogen) atoms. The number of hydrogen-bond acceptors (Lipinski definition) is 18. The van der Waals surface area contributed by atoms with Gasteiger partial charge in [0, 0.05) is 61.4 Å². The number of esters is 1. The molecule has 7 aromatic rings. The fraction of sp³-hybridized carbons (Fsp3) is 0.446. The number of benzene rings is 7. The minimum Gasteiger partial charge on any atom is -0.508 e. The second-order valence-electron chi connectivity index (χ2n) is 33.3. The maximum absolute atomic E-state index is 14.0. The number of carboxylic acids is 2. The Bertz CT molecular complexity index is 4670. The van der Waals surface area contributed by atoms with Gasteiger partial charge in [-0.1, -0.05) is 146 Å². The number of nitrogens with zero attached hydrogens (tertiary/aromatic N) is 2. The molecule has 13 rings (SSSR count). The van der Waals surface area contributed by atoms with Crippen molar-refractivity contribution in [3.05, 3.63) is 237 Å². The molecule has 3 aliphatic carbocycles. The number of thioether (sulfide) groups is 3. The molecule has 3 aliphatic heterocycles. The van der Waals surface area contributed by atoms with Gasteiger partial charge >= 0.3 is 24.0 Å². The van der Waals surface area contributed by atoms with Crippen LogP contribution in [0.5, 0.6) is 11.5 Å². The lowest BCUT2D eigenvalue weighted by Crippen LogP contribution is -2.59. The number of phenols is 1. The van der Waals surface area contributed by atoms with Gasteiger partial charge in [0.25, 0.3) is 17.7 Å². The number of rotatable bonds is 18. The van der Waals surface area contributed by atoms with Crippen molar-refractivity contribution in [2.75, 3.05) is 17.6 Å². The number of ether oxygens (including phenoxy) is 2. The van der Waals surface area contributed by atoms with Crippen LogP contribution < -0.4 is 37.1 Å². The summed E-state index contributed by atoms with van der Waals surface area (Å²) < 4.78 is 9.20. The molecule has 6 aliphatic rings. The zero-order valence-electron chi connectivity index (χ0n) is 69.8. The van der Waals surface area contributed by atoms with Crippen LogP contribution in [0, 0.1) is 19.8 Å². The van der Waals surface area contributed by atoms with Crippen LogP contribution in [0.3, 0.4) is 0 Å². The van der Waals surface area contributed by atoms with E-state index in [1.165, 1.54) is 87.0 Å². The number of aliphatic carboxylic acids is 2. The zero-order chi connectivity index (χ0) is 86.0. The summed E-state index contributed by atoms with van der Waals surface area (Å²) in [6, 6.07) is 50.3. The molecule has 11 N–H and O–H groups in total. The van der Waals surface area contributed by atoms with Gasteiger partial charge in [0.2, 0.25) is 11.8 Å². The number of nitrogens with one attached hydrogen (secondary N) is 5. The first-order valence-corrected chi connectivity index (χ1v) is 43.3. The molecule has 0 aromatic heterocycles. The predicted molar refractivity (Wildman–Crippen MR) is 464 cm³/mol. The minimum atomic E-state index is -1.61. The maximum atomic E-state index is 14.0. The molecular formula is C92H116N8O15S3. The van der Waals surface area contributed by atoms with Crippen LogP contribution in [0.1, 0.15) is 209 Å². The van der Waals surface area contributed by atoms with Gasteiger partial charge in [-0.15, -0.1) is 35.3 Å². The highest BCUT2D eigenvalue weighted by atomic mass is 32.2. The maximum Gasteiger partial charge on any atom is 0.411 e. The minimum absolute atomic E-state index is 0.0188. The third-order valence-corrected chi connectivity index (χ3v) is 26.2. The normalized spacial score (nSPS) is 20.6. The van der Waals surface area contributed by atoms with Gasteiger partial charge in [-0.2, -0.15) is 0 Å². The fourth-order valence-electron chi connectivity index (χ4n) is 15.6. The quantitative estimate of drug-likeness (QED) is 0.0282. The number of hydrogen-bond donors (Lipinski definition) is 10. The molecule has 0 saturated carbocycles. The van der Waals surface area contributed by atoms with Gasteiger partial charge < -0.3 is 61.8 Å². The highest BCUT2D eigenvalue weighted by molar-refractivity contribution is 8.01. The number of aromatic hydroxyl groups is 1. The van der Waals surface area contributed by atoms with E-state index in [1.54, 1.807) is 71.9 Å². The summed E-state index contributed by atoms with van der Waals surface area (Å²) in [4.78, 5) is 115. The molecule has 7 aromatic carbocycles. The second-order valence-corrected chi connectivity index (χ2v) is 38.1. The molecule has 3 fully saturated rings. The van der Waals surface area contributed by atoms with E-state index in [0.717, 1.165) is 67.5 Å². The number of aliphatic hydroxyl groups is 1. The van der Waals surface area contributed by atoms with E-state index in [4.69, 9.17) is 15.2 Å². The third-order valence-electron chi connectivity index (χ3n) is 22.2. The first-order chi connectivity index (χ1) is 55.9. The number of aliphatic hydroxyl groups excluding tert-OH is 1. The summed E-state index contributed by atoms with van der Waals surface area (Å²) in [6.45, 7) is 23.2. The first kappa shape index (κ1) is 92.2. The molecule has 0 spiro atoms. The van der Waals surface area contributed by atoms with E-state index in [-0.39, 0.29) is 58.3 Å². The summed E-state index contributed by atoms with van der Waals surface area (Å²) in [5, 5.41) is 55.7. The number of aryl methyl sites for hydroxylation is 3. The van der Waals surface area contributed by atoms with Gasteiger partial charge in [-0.25, -0.2) is 9.59 Å². The molecule has 10 atom stereocenters. The highest BCUT2D eigenvalue weighted by Crippen LogP contribution is 2.43.